The third-order valence-corrected chi connectivity index (χ3v) is 2.53. The molecule has 0 spiro atoms. The fourth-order valence-corrected chi connectivity index (χ4v) is 1.70. The molecule has 0 saturated heterocycles. The number of phenols is 1. The van der Waals surface area contributed by atoms with E-state index in [9.17, 15) is 9.90 Å². The lowest BCUT2D eigenvalue weighted by Crippen LogP contribution is -2.07. The van der Waals surface area contributed by atoms with Gasteiger partial charge in [0.05, 0.1) is 14.2 Å². The number of methoxy groups -OCH3 is 2. The Kier molecular flexibility index (Phi) is 3.96. The second-order valence-electron chi connectivity index (χ2n) is 2.81. The molecular formula is C10H11BrO4. The van der Waals surface area contributed by atoms with E-state index in [0.29, 0.717) is 22.2 Å². The number of carbonyl (C=O) groups excluding carboxylic acids is 1. The van der Waals surface area contributed by atoms with Crippen molar-refractivity contribution in [1.29, 1.82) is 0 Å². The number of ether oxygens (including phenoxy) is 2. The van der Waals surface area contributed by atoms with Gasteiger partial charge >= 0.3 is 5.97 Å². The number of hydrogen-bond donors (Lipinski definition) is 1. The van der Waals surface area contributed by atoms with Crippen molar-refractivity contribution >= 4 is 21.9 Å². The van der Waals surface area contributed by atoms with Crippen molar-refractivity contribution in [3.05, 3.63) is 23.3 Å². The fourth-order valence-electron chi connectivity index (χ4n) is 1.26. The Morgan fingerprint density at radius 1 is 1.47 bits per heavy atom. The van der Waals surface area contributed by atoms with Crippen LogP contribution in [0.2, 0.25) is 0 Å². The Labute approximate surface area is 95.9 Å². The van der Waals surface area contributed by atoms with Gasteiger partial charge in [-0.25, -0.2) is 4.79 Å². The molecule has 4 nitrogen and oxygen atoms in total. The summed E-state index contributed by atoms with van der Waals surface area (Å²) >= 11 is 3.23. The summed E-state index contributed by atoms with van der Waals surface area (Å²) in [4.78, 5) is 11.5. The van der Waals surface area contributed by atoms with Crippen LogP contribution >= 0.6 is 15.9 Å². The molecule has 1 N–H and O–H groups in total. The lowest BCUT2D eigenvalue weighted by atomic mass is 10.1. The van der Waals surface area contributed by atoms with Gasteiger partial charge in [-0.15, -0.1) is 0 Å². The number of benzene rings is 1. The number of hydrogen-bond acceptors (Lipinski definition) is 4. The smallest absolute Gasteiger partial charge is 0.341 e. The van der Waals surface area contributed by atoms with Crippen molar-refractivity contribution in [3.8, 4) is 11.5 Å². The van der Waals surface area contributed by atoms with E-state index in [4.69, 9.17) is 4.74 Å². The highest BCUT2D eigenvalue weighted by molar-refractivity contribution is 9.08. The molecular weight excluding hydrogens is 264 g/mol. The molecule has 1 aromatic carbocycles. The van der Waals surface area contributed by atoms with Gasteiger partial charge in [-0.1, -0.05) is 15.9 Å². The molecule has 5 heteroatoms. The molecule has 0 radical (unpaired) electrons. The minimum atomic E-state index is -0.485. The molecule has 1 aromatic rings. The summed E-state index contributed by atoms with van der Waals surface area (Å²) in [5, 5.41) is 9.81. The van der Waals surface area contributed by atoms with Gasteiger partial charge in [0, 0.05) is 11.4 Å². The lowest BCUT2D eigenvalue weighted by Gasteiger charge is -2.11. The van der Waals surface area contributed by atoms with Crippen LogP contribution in [-0.4, -0.2) is 25.3 Å². The summed E-state index contributed by atoms with van der Waals surface area (Å²) in [5.74, 6) is -0.133. The number of esters is 1. The number of alkyl halides is 1. The van der Waals surface area contributed by atoms with Crippen molar-refractivity contribution in [1.82, 2.24) is 0 Å². The lowest BCUT2D eigenvalue weighted by molar-refractivity contribution is 0.0596. The van der Waals surface area contributed by atoms with E-state index in [0.717, 1.165) is 0 Å². The summed E-state index contributed by atoms with van der Waals surface area (Å²) in [6.45, 7) is 0. The average Bonchev–Trinajstić information content (AvgIpc) is 2.26. The van der Waals surface area contributed by atoms with E-state index < -0.39 is 5.97 Å². The molecule has 1 rings (SSSR count). The van der Waals surface area contributed by atoms with E-state index in [1.54, 1.807) is 0 Å². The molecule has 82 valence electrons. The van der Waals surface area contributed by atoms with Crippen molar-refractivity contribution in [2.45, 2.75) is 5.33 Å². The van der Waals surface area contributed by atoms with Gasteiger partial charge in [0.15, 0.2) is 0 Å². The van der Waals surface area contributed by atoms with Crippen molar-refractivity contribution in [2.75, 3.05) is 14.2 Å². The summed E-state index contributed by atoms with van der Waals surface area (Å²) < 4.78 is 9.65. The third kappa shape index (κ3) is 2.41. The highest BCUT2D eigenvalue weighted by Crippen LogP contribution is 2.30. The van der Waals surface area contributed by atoms with Crippen LogP contribution in [0, 0.1) is 0 Å². The molecule has 0 saturated carbocycles. The van der Waals surface area contributed by atoms with Crippen molar-refractivity contribution in [2.24, 2.45) is 0 Å². The van der Waals surface area contributed by atoms with Gasteiger partial charge in [0.25, 0.3) is 0 Å². The van der Waals surface area contributed by atoms with Crippen LogP contribution in [0.25, 0.3) is 0 Å². The normalized spacial score (nSPS) is 9.80. The van der Waals surface area contributed by atoms with Gasteiger partial charge in [0.1, 0.15) is 17.1 Å². The highest BCUT2D eigenvalue weighted by Gasteiger charge is 2.18. The first-order valence-electron chi connectivity index (χ1n) is 4.18. The zero-order chi connectivity index (χ0) is 11.4. The Morgan fingerprint density at radius 2 is 2.13 bits per heavy atom. The van der Waals surface area contributed by atoms with Crippen LogP contribution in [0.1, 0.15) is 15.9 Å². The first-order chi connectivity index (χ1) is 7.13. The molecule has 0 amide bonds. The molecule has 0 unspecified atom stereocenters. The fraction of sp³-hybridized carbons (Fsp3) is 0.300. The molecule has 0 aliphatic rings. The number of aromatic hydroxyl groups is 1. The van der Waals surface area contributed by atoms with Crippen LogP contribution < -0.4 is 4.74 Å². The van der Waals surface area contributed by atoms with Crippen LogP contribution in [0.4, 0.5) is 0 Å². The average molecular weight is 275 g/mol. The molecule has 0 heterocycles. The van der Waals surface area contributed by atoms with E-state index in [1.165, 1.54) is 26.4 Å². The van der Waals surface area contributed by atoms with E-state index in [1.807, 2.05) is 0 Å². The zero-order valence-electron chi connectivity index (χ0n) is 8.41. The number of phenolic OH excluding ortho intramolecular Hbond substituents is 1. The van der Waals surface area contributed by atoms with Gasteiger partial charge in [-0.05, 0) is 11.6 Å². The predicted octanol–water partition coefficient (Wildman–Crippen LogP) is 2.08. The Bertz CT molecular complexity index is 351. The van der Waals surface area contributed by atoms with Crippen LogP contribution in [0.5, 0.6) is 11.5 Å². The quantitative estimate of drug-likeness (QED) is 0.677. The van der Waals surface area contributed by atoms with E-state index in [-0.39, 0.29) is 5.75 Å². The molecule has 0 aliphatic heterocycles. The van der Waals surface area contributed by atoms with Crippen LogP contribution in [-0.2, 0) is 10.1 Å². The summed E-state index contributed by atoms with van der Waals surface area (Å²) in [7, 11) is 2.73. The Balaban J connectivity index is 3.36. The standard InChI is InChI=1S/C10H11BrO4/c1-14-8-4-7(12)3-6(5-11)9(8)10(13)15-2/h3-4,12H,5H2,1-2H3. The zero-order valence-corrected chi connectivity index (χ0v) is 10.00. The second-order valence-corrected chi connectivity index (χ2v) is 3.37. The molecule has 0 atom stereocenters. The first-order valence-corrected chi connectivity index (χ1v) is 5.30. The second kappa shape index (κ2) is 5.02. The Hall–Kier alpha value is -1.23. The number of carbonyl (C=O) groups is 1. The highest BCUT2D eigenvalue weighted by atomic mass is 79.9. The maximum atomic E-state index is 11.5. The molecule has 0 aromatic heterocycles. The molecule has 0 bridgehead atoms. The number of halogens is 1. The molecule has 15 heavy (non-hydrogen) atoms. The summed E-state index contributed by atoms with van der Waals surface area (Å²) in [5.41, 5.74) is 0.952. The van der Waals surface area contributed by atoms with Gasteiger partial charge in [-0.3, -0.25) is 0 Å². The maximum absolute atomic E-state index is 11.5. The van der Waals surface area contributed by atoms with E-state index in [2.05, 4.69) is 20.7 Å². The first kappa shape index (κ1) is 11.8. The van der Waals surface area contributed by atoms with Gasteiger partial charge in [-0.2, -0.15) is 0 Å². The minimum Gasteiger partial charge on any atom is -0.508 e. The summed E-state index contributed by atoms with van der Waals surface area (Å²) in [6.07, 6.45) is 0. The predicted molar refractivity (Wildman–Crippen MR) is 58.6 cm³/mol. The van der Waals surface area contributed by atoms with Gasteiger partial charge < -0.3 is 14.6 Å². The SMILES string of the molecule is COC(=O)c1c(CBr)cc(O)cc1OC. The van der Waals surface area contributed by atoms with E-state index >= 15 is 0 Å². The third-order valence-electron chi connectivity index (χ3n) is 1.92. The monoisotopic (exact) mass is 274 g/mol. The van der Waals surface area contributed by atoms with Crippen LogP contribution in [0.15, 0.2) is 12.1 Å². The summed E-state index contributed by atoms with van der Waals surface area (Å²) in [6, 6.07) is 2.86. The Morgan fingerprint density at radius 3 is 2.60 bits per heavy atom. The van der Waals surface area contributed by atoms with Gasteiger partial charge in [0.2, 0.25) is 0 Å². The van der Waals surface area contributed by atoms with Crippen molar-refractivity contribution < 1.29 is 19.4 Å². The number of rotatable bonds is 3. The molecule has 0 aliphatic carbocycles. The molecule has 0 fully saturated rings. The van der Waals surface area contributed by atoms with Crippen LogP contribution in [0.3, 0.4) is 0 Å². The maximum Gasteiger partial charge on any atom is 0.341 e. The van der Waals surface area contributed by atoms with Crippen molar-refractivity contribution in [3.63, 3.8) is 0 Å². The topological polar surface area (TPSA) is 55.8 Å². The largest absolute Gasteiger partial charge is 0.508 e. The minimum absolute atomic E-state index is 0.0500.